The largest absolute Gasteiger partial charge is 0.399 e. The molecule has 0 aliphatic carbocycles. The van der Waals surface area contributed by atoms with Gasteiger partial charge in [-0.1, -0.05) is 66.2 Å². The van der Waals surface area contributed by atoms with Gasteiger partial charge in [0.1, 0.15) is 0 Å². The highest BCUT2D eigenvalue weighted by Crippen LogP contribution is 2.39. The van der Waals surface area contributed by atoms with E-state index in [1.165, 1.54) is 12.1 Å². The number of hydrogen-bond acceptors (Lipinski definition) is 1. The maximum Gasteiger partial charge on any atom is 0.399 e. The summed E-state index contributed by atoms with van der Waals surface area (Å²) in [5.41, 5.74) is 3.56. The summed E-state index contributed by atoms with van der Waals surface area (Å²) in [7, 11) is 1.87. The molecule has 0 aromatic heterocycles. The topological polar surface area (TPSA) is 12.0 Å². The Balaban J connectivity index is 2.07. The minimum absolute atomic E-state index is 0.151. The Labute approximate surface area is 174 Å². The summed E-state index contributed by atoms with van der Waals surface area (Å²) in [6, 6.07) is 14.6. The van der Waals surface area contributed by atoms with E-state index in [4.69, 9.17) is 11.6 Å². The van der Waals surface area contributed by atoms with Gasteiger partial charge in [-0.15, -0.1) is 0 Å². The number of allylic oxidation sites excluding steroid dienone is 1. The molecule has 0 bridgehead atoms. The number of rotatable bonds is 5. The number of fused-ring (bicyclic) bond motifs is 1. The van der Waals surface area contributed by atoms with Crippen LogP contribution in [0.25, 0.3) is 16.8 Å². The van der Waals surface area contributed by atoms with Gasteiger partial charge < -0.3 is 5.32 Å². The van der Waals surface area contributed by atoms with Gasteiger partial charge in [0.2, 0.25) is 0 Å². The van der Waals surface area contributed by atoms with Gasteiger partial charge in [0.05, 0.1) is 5.92 Å². The number of halogens is 4. The zero-order valence-corrected chi connectivity index (χ0v) is 17.3. The summed E-state index contributed by atoms with van der Waals surface area (Å²) < 4.78 is 41.5. The zero-order chi connectivity index (χ0) is 21.2. The molecule has 1 nitrogen and oxygen atoms in total. The maximum absolute atomic E-state index is 13.8. The van der Waals surface area contributed by atoms with E-state index in [-0.39, 0.29) is 5.56 Å². The fourth-order valence-electron chi connectivity index (χ4n) is 3.51. The van der Waals surface area contributed by atoms with Crippen molar-refractivity contribution in [3.8, 4) is 0 Å². The Kier molecular flexibility index (Phi) is 6.35. The smallest absolute Gasteiger partial charge is 0.316 e. The molecule has 0 spiro atoms. The Hall–Kier alpha value is -2.30. The van der Waals surface area contributed by atoms with E-state index < -0.39 is 12.1 Å². The second kappa shape index (κ2) is 8.60. The quantitative estimate of drug-likeness (QED) is 0.463. The average Bonchev–Trinajstić information content (AvgIpc) is 2.66. The third-order valence-corrected chi connectivity index (χ3v) is 5.61. The lowest BCUT2D eigenvalue weighted by Crippen LogP contribution is -2.19. The number of aryl methyl sites for hydroxylation is 1. The van der Waals surface area contributed by atoms with Gasteiger partial charge in [0.15, 0.2) is 0 Å². The van der Waals surface area contributed by atoms with Crippen LogP contribution in [0.4, 0.5) is 13.2 Å². The van der Waals surface area contributed by atoms with Crippen LogP contribution < -0.4 is 5.32 Å². The van der Waals surface area contributed by atoms with Crippen molar-refractivity contribution < 1.29 is 13.2 Å². The summed E-state index contributed by atoms with van der Waals surface area (Å²) in [6.07, 6.45) is -1.63. The van der Waals surface area contributed by atoms with E-state index in [2.05, 4.69) is 5.32 Å². The second-order valence-electron chi connectivity index (χ2n) is 7.21. The molecule has 0 saturated heterocycles. The van der Waals surface area contributed by atoms with Crippen molar-refractivity contribution in [2.24, 2.45) is 0 Å². The maximum atomic E-state index is 13.8. The molecule has 0 saturated carbocycles. The molecule has 0 fully saturated rings. The fraction of sp³-hybridized carbons (Fsp3) is 0.250. The lowest BCUT2D eigenvalue weighted by atomic mass is 9.93. The number of hydrogen-bond donors (Lipinski definition) is 1. The molecular formula is C24H23ClF3N. The van der Waals surface area contributed by atoms with E-state index >= 15 is 0 Å². The van der Waals surface area contributed by atoms with Gasteiger partial charge in [-0.05, 0) is 65.6 Å². The van der Waals surface area contributed by atoms with Gasteiger partial charge in [-0.3, -0.25) is 0 Å². The van der Waals surface area contributed by atoms with E-state index in [9.17, 15) is 13.2 Å². The van der Waals surface area contributed by atoms with Crippen molar-refractivity contribution in [2.45, 2.75) is 32.5 Å². The van der Waals surface area contributed by atoms with E-state index in [0.29, 0.717) is 11.6 Å². The van der Waals surface area contributed by atoms with E-state index in [0.717, 1.165) is 33.0 Å². The van der Waals surface area contributed by atoms with Crippen LogP contribution in [0.1, 0.15) is 33.7 Å². The van der Waals surface area contributed by atoms with Crippen molar-refractivity contribution >= 4 is 28.4 Å². The predicted molar refractivity (Wildman–Crippen MR) is 115 cm³/mol. The summed E-state index contributed by atoms with van der Waals surface area (Å²) in [5, 5.41) is 5.43. The van der Waals surface area contributed by atoms with Crippen LogP contribution in [-0.4, -0.2) is 13.2 Å². The Morgan fingerprint density at radius 1 is 1.03 bits per heavy atom. The molecule has 1 unspecified atom stereocenters. The van der Waals surface area contributed by atoms with Crippen LogP contribution in [-0.2, 0) is 6.54 Å². The van der Waals surface area contributed by atoms with E-state index in [1.807, 2.05) is 43.4 Å². The molecule has 0 radical (unpaired) electrons. The lowest BCUT2D eigenvalue weighted by Gasteiger charge is -2.19. The highest BCUT2D eigenvalue weighted by Gasteiger charge is 2.39. The van der Waals surface area contributed by atoms with Crippen molar-refractivity contribution in [3.05, 3.63) is 87.4 Å². The Morgan fingerprint density at radius 3 is 2.34 bits per heavy atom. The van der Waals surface area contributed by atoms with Crippen LogP contribution in [0.15, 0.2) is 54.6 Å². The highest BCUT2D eigenvalue weighted by atomic mass is 35.5. The molecule has 5 heteroatoms. The molecule has 3 rings (SSSR count). The fourth-order valence-corrected chi connectivity index (χ4v) is 3.78. The van der Waals surface area contributed by atoms with Gasteiger partial charge in [-0.25, -0.2) is 0 Å². The molecule has 0 amide bonds. The van der Waals surface area contributed by atoms with Crippen LogP contribution >= 0.6 is 11.6 Å². The molecule has 1 N–H and O–H groups in total. The number of nitrogens with one attached hydrogen (secondary N) is 1. The normalized spacial score (nSPS) is 13.3. The molecule has 3 aromatic carbocycles. The Bertz CT molecular complexity index is 1030. The average molecular weight is 418 g/mol. The number of benzene rings is 3. The molecule has 3 aromatic rings. The molecule has 0 aliphatic heterocycles. The first-order valence-corrected chi connectivity index (χ1v) is 9.77. The second-order valence-corrected chi connectivity index (χ2v) is 7.62. The minimum atomic E-state index is -4.41. The Morgan fingerprint density at radius 2 is 1.72 bits per heavy atom. The molecular weight excluding hydrogens is 395 g/mol. The monoisotopic (exact) mass is 417 g/mol. The van der Waals surface area contributed by atoms with Gasteiger partial charge in [-0.2, -0.15) is 13.2 Å². The first-order valence-electron chi connectivity index (χ1n) is 9.39. The molecule has 0 heterocycles. The highest BCUT2D eigenvalue weighted by molar-refractivity contribution is 6.31. The van der Waals surface area contributed by atoms with Gasteiger partial charge in [0, 0.05) is 11.6 Å². The SMILES string of the molecule is CNCc1ccc(/C=C/C(c2cc(C)c(C)c(Cl)c2)C(F)(F)F)c2ccccc12. The summed E-state index contributed by atoms with van der Waals surface area (Å²) in [5.74, 6) is -1.73. The summed E-state index contributed by atoms with van der Waals surface area (Å²) in [6.45, 7) is 4.27. The molecule has 152 valence electrons. The summed E-state index contributed by atoms with van der Waals surface area (Å²) >= 11 is 6.16. The van der Waals surface area contributed by atoms with Gasteiger partial charge in [0.25, 0.3) is 0 Å². The predicted octanol–water partition coefficient (Wildman–Crippen LogP) is 7.19. The first kappa shape index (κ1) is 21.4. The third-order valence-electron chi connectivity index (χ3n) is 5.22. The van der Waals surface area contributed by atoms with Crippen LogP contribution in [0.2, 0.25) is 5.02 Å². The summed E-state index contributed by atoms with van der Waals surface area (Å²) in [4.78, 5) is 0. The van der Waals surface area contributed by atoms with Gasteiger partial charge >= 0.3 is 6.18 Å². The zero-order valence-electron chi connectivity index (χ0n) is 16.6. The van der Waals surface area contributed by atoms with E-state index in [1.54, 1.807) is 26.0 Å². The molecule has 0 aliphatic rings. The minimum Gasteiger partial charge on any atom is -0.316 e. The number of alkyl halides is 3. The van der Waals surface area contributed by atoms with Crippen LogP contribution in [0, 0.1) is 13.8 Å². The van der Waals surface area contributed by atoms with Crippen molar-refractivity contribution in [2.75, 3.05) is 7.05 Å². The third kappa shape index (κ3) is 4.65. The molecule has 1 atom stereocenters. The lowest BCUT2D eigenvalue weighted by molar-refractivity contribution is -0.139. The van der Waals surface area contributed by atoms with Crippen LogP contribution in [0.3, 0.4) is 0 Å². The van der Waals surface area contributed by atoms with Crippen molar-refractivity contribution in [3.63, 3.8) is 0 Å². The van der Waals surface area contributed by atoms with Crippen LogP contribution in [0.5, 0.6) is 0 Å². The van der Waals surface area contributed by atoms with Crippen molar-refractivity contribution in [1.29, 1.82) is 0 Å². The molecule has 29 heavy (non-hydrogen) atoms. The first-order chi connectivity index (χ1) is 13.7. The standard InChI is InChI=1S/C24H23ClF3N/c1-15-12-19(13-23(25)16(15)2)22(24(26,27)28)11-10-17-8-9-18(14-29-3)21-7-5-4-6-20(17)21/h4-13,22,29H,14H2,1-3H3/b11-10+. The van der Waals surface area contributed by atoms with Crippen molar-refractivity contribution in [1.82, 2.24) is 5.32 Å².